The minimum atomic E-state index is -4.75. The fraction of sp³-hybridized carbons (Fsp3) is 0.263. The van der Waals surface area contributed by atoms with Gasteiger partial charge in [0.15, 0.2) is 0 Å². The topological polar surface area (TPSA) is 66.5 Å². The zero-order chi connectivity index (χ0) is 23.9. The number of aromatic nitrogens is 3. The quantitative estimate of drug-likeness (QED) is 0.392. The van der Waals surface area contributed by atoms with Crippen LogP contribution in [0.5, 0.6) is 0 Å². The SMILES string of the molecule is CC(C#N)(Cn1nc2cc(Cl)cc(C(F)(F)F)c2n1)NC(=S)c1ccccc1C(F)(F)F. The van der Waals surface area contributed by atoms with Crippen molar-refractivity contribution in [3.63, 3.8) is 0 Å². The fourth-order valence-corrected chi connectivity index (χ4v) is 3.56. The van der Waals surface area contributed by atoms with Crippen LogP contribution >= 0.6 is 23.8 Å². The summed E-state index contributed by atoms with van der Waals surface area (Å²) in [6.07, 6.45) is -9.43. The molecule has 1 N–H and O–H groups in total. The lowest BCUT2D eigenvalue weighted by Gasteiger charge is -2.25. The van der Waals surface area contributed by atoms with Crippen molar-refractivity contribution in [3.8, 4) is 6.07 Å². The predicted molar refractivity (Wildman–Crippen MR) is 108 cm³/mol. The van der Waals surface area contributed by atoms with Crippen molar-refractivity contribution in [2.75, 3.05) is 0 Å². The van der Waals surface area contributed by atoms with Crippen LogP contribution in [0.1, 0.15) is 23.6 Å². The molecule has 1 unspecified atom stereocenters. The van der Waals surface area contributed by atoms with Crippen LogP contribution in [0.4, 0.5) is 26.3 Å². The molecule has 1 atom stereocenters. The lowest BCUT2D eigenvalue weighted by atomic mass is 10.0. The van der Waals surface area contributed by atoms with E-state index in [1.807, 2.05) is 6.07 Å². The zero-order valence-electron chi connectivity index (χ0n) is 16.0. The summed E-state index contributed by atoms with van der Waals surface area (Å²) in [5, 5.41) is 19.7. The summed E-state index contributed by atoms with van der Waals surface area (Å²) in [6.45, 7) is 0.891. The molecular weight excluding hydrogens is 480 g/mol. The Morgan fingerprint density at radius 2 is 1.72 bits per heavy atom. The second-order valence-electron chi connectivity index (χ2n) is 6.99. The first kappa shape index (κ1) is 23.7. The largest absolute Gasteiger partial charge is 0.418 e. The lowest BCUT2D eigenvalue weighted by Crippen LogP contribution is -2.48. The van der Waals surface area contributed by atoms with Gasteiger partial charge < -0.3 is 5.32 Å². The summed E-state index contributed by atoms with van der Waals surface area (Å²) in [5.74, 6) is 0. The van der Waals surface area contributed by atoms with Gasteiger partial charge in [-0.2, -0.15) is 46.6 Å². The average molecular weight is 492 g/mol. The van der Waals surface area contributed by atoms with Crippen LogP contribution in [0.25, 0.3) is 11.0 Å². The van der Waals surface area contributed by atoms with Gasteiger partial charge in [0.2, 0.25) is 0 Å². The van der Waals surface area contributed by atoms with E-state index in [0.717, 1.165) is 16.9 Å². The highest BCUT2D eigenvalue weighted by Gasteiger charge is 2.37. The smallest absolute Gasteiger partial charge is 0.357 e. The summed E-state index contributed by atoms with van der Waals surface area (Å²) in [4.78, 5) is 0.475. The molecule has 0 radical (unpaired) electrons. The molecule has 1 aromatic heterocycles. The summed E-state index contributed by atoms with van der Waals surface area (Å²) in [6, 6.07) is 8.28. The van der Waals surface area contributed by atoms with E-state index in [1.54, 1.807) is 0 Å². The van der Waals surface area contributed by atoms with E-state index in [0.29, 0.717) is 6.07 Å². The van der Waals surface area contributed by atoms with Crippen LogP contribution < -0.4 is 5.32 Å². The van der Waals surface area contributed by atoms with E-state index in [9.17, 15) is 31.6 Å². The number of fused-ring (bicyclic) bond motifs is 1. The van der Waals surface area contributed by atoms with Crippen LogP contribution in [-0.4, -0.2) is 25.5 Å². The maximum atomic E-state index is 13.3. The molecule has 0 bridgehead atoms. The zero-order valence-corrected chi connectivity index (χ0v) is 17.6. The van der Waals surface area contributed by atoms with Crippen molar-refractivity contribution in [1.82, 2.24) is 20.3 Å². The number of hydrogen-bond donors (Lipinski definition) is 1. The van der Waals surface area contributed by atoms with Crippen molar-refractivity contribution in [1.29, 1.82) is 5.26 Å². The van der Waals surface area contributed by atoms with Crippen LogP contribution in [0, 0.1) is 11.3 Å². The minimum absolute atomic E-state index is 0.157. The van der Waals surface area contributed by atoms with Crippen LogP contribution in [0.15, 0.2) is 36.4 Å². The summed E-state index contributed by atoms with van der Waals surface area (Å²) < 4.78 is 79.7. The molecule has 0 amide bonds. The van der Waals surface area contributed by atoms with Gasteiger partial charge in [0.25, 0.3) is 0 Å². The van der Waals surface area contributed by atoms with Crippen LogP contribution in [0.2, 0.25) is 5.02 Å². The standard InChI is InChI=1S/C19H12ClF6N5S/c1-17(8-27,28-16(32)11-4-2-3-5-12(11)18(21,22)23)9-31-29-14-7-10(20)6-13(15(14)30-31)19(24,25)26/h2-7H,9H2,1H3,(H,28,32). The van der Waals surface area contributed by atoms with Crippen LogP contribution in [0.3, 0.4) is 0 Å². The number of thiocarbonyl (C=S) groups is 1. The Morgan fingerprint density at radius 3 is 2.31 bits per heavy atom. The second kappa shape index (κ2) is 8.22. The molecule has 1 heterocycles. The molecule has 0 spiro atoms. The summed E-state index contributed by atoms with van der Waals surface area (Å²) in [7, 11) is 0. The Balaban J connectivity index is 1.94. The summed E-state index contributed by atoms with van der Waals surface area (Å²) in [5.41, 5.74) is -4.73. The van der Waals surface area contributed by atoms with Gasteiger partial charge >= 0.3 is 12.4 Å². The third-order valence-corrected chi connectivity index (χ3v) is 4.91. The highest BCUT2D eigenvalue weighted by Crippen LogP contribution is 2.36. The number of hydrogen-bond acceptors (Lipinski definition) is 4. The Morgan fingerprint density at radius 1 is 1.09 bits per heavy atom. The van der Waals surface area contributed by atoms with Gasteiger partial charge in [-0.1, -0.05) is 42.0 Å². The van der Waals surface area contributed by atoms with Gasteiger partial charge in [-0.25, -0.2) is 0 Å². The normalized spacial score (nSPS) is 14.1. The minimum Gasteiger partial charge on any atom is -0.357 e. The second-order valence-corrected chi connectivity index (χ2v) is 7.84. The Labute approximate surface area is 187 Å². The van der Waals surface area contributed by atoms with Gasteiger partial charge in [-0.3, -0.25) is 0 Å². The molecule has 0 aliphatic rings. The van der Waals surface area contributed by atoms with Crippen molar-refractivity contribution in [2.24, 2.45) is 0 Å². The number of halogens is 7. The maximum absolute atomic E-state index is 13.3. The molecular formula is C19H12ClF6N5S. The van der Waals surface area contributed by atoms with E-state index in [2.05, 4.69) is 15.5 Å². The van der Waals surface area contributed by atoms with Gasteiger partial charge in [0.1, 0.15) is 21.6 Å². The molecule has 0 fully saturated rings. The molecule has 0 saturated heterocycles. The van der Waals surface area contributed by atoms with E-state index in [4.69, 9.17) is 23.8 Å². The van der Waals surface area contributed by atoms with E-state index in [1.165, 1.54) is 25.1 Å². The van der Waals surface area contributed by atoms with Gasteiger partial charge in [-0.05, 0) is 25.1 Å². The first-order chi connectivity index (χ1) is 14.7. The van der Waals surface area contributed by atoms with Crippen molar-refractivity contribution in [3.05, 3.63) is 58.1 Å². The van der Waals surface area contributed by atoms with Crippen molar-refractivity contribution < 1.29 is 26.3 Å². The van der Waals surface area contributed by atoms with Gasteiger partial charge in [-0.15, -0.1) is 0 Å². The number of rotatable bonds is 4. The number of nitriles is 1. The fourth-order valence-electron chi connectivity index (χ4n) is 2.95. The number of alkyl halides is 6. The molecule has 0 aliphatic carbocycles. The number of benzene rings is 2. The molecule has 13 heteroatoms. The average Bonchev–Trinajstić information content (AvgIpc) is 3.07. The Bertz CT molecular complexity index is 1230. The third-order valence-electron chi connectivity index (χ3n) is 4.37. The molecule has 2 aromatic carbocycles. The summed E-state index contributed by atoms with van der Waals surface area (Å²) >= 11 is 10.8. The molecule has 32 heavy (non-hydrogen) atoms. The number of nitrogens with one attached hydrogen (secondary N) is 1. The van der Waals surface area contributed by atoms with Gasteiger partial charge in [0, 0.05) is 10.6 Å². The van der Waals surface area contributed by atoms with Crippen molar-refractivity contribution in [2.45, 2.75) is 31.4 Å². The van der Waals surface area contributed by atoms with Gasteiger partial charge in [0.05, 0.1) is 23.7 Å². The molecule has 168 valence electrons. The lowest BCUT2D eigenvalue weighted by molar-refractivity contribution is -0.138. The predicted octanol–water partition coefficient (Wildman–Crippen LogP) is 5.37. The Hall–Kier alpha value is -2.91. The molecule has 0 aliphatic heterocycles. The molecule has 3 aromatic rings. The molecule has 5 nitrogen and oxygen atoms in total. The molecule has 3 rings (SSSR count). The van der Waals surface area contributed by atoms with Crippen molar-refractivity contribution >= 4 is 39.8 Å². The first-order valence-corrected chi connectivity index (χ1v) is 9.54. The maximum Gasteiger partial charge on any atom is 0.418 e. The van der Waals surface area contributed by atoms with E-state index >= 15 is 0 Å². The van der Waals surface area contributed by atoms with E-state index in [-0.39, 0.29) is 21.1 Å². The first-order valence-electron chi connectivity index (χ1n) is 8.75. The third kappa shape index (κ3) is 4.94. The highest BCUT2D eigenvalue weighted by atomic mass is 35.5. The highest BCUT2D eigenvalue weighted by molar-refractivity contribution is 7.80. The monoisotopic (exact) mass is 491 g/mol. The van der Waals surface area contributed by atoms with Crippen LogP contribution in [-0.2, 0) is 18.9 Å². The Kier molecular flexibility index (Phi) is 6.10. The number of nitrogens with zero attached hydrogens (tertiary/aromatic N) is 4. The molecule has 0 saturated carbocycles. The van der Waals surface area contributed by atoms with E-state index < -0.39 is 41.1 Å².